The van der Waals surface area contributed by atoms with Crippen LogP contribution in [0.3, 0.4) is 0 Å². The largest absolute Gasteiger partial charge is 0.491 e. The van der Waals surface area contributed by atoms with Gasteiger partial charge in [0.15, 0.2) is 0 Å². The number of anilines is 1. The average molecular weight is 1050 g/mol. The van der Waals surface area contributed by atoms with Gasteiger partial charge in [0.2, 0.25) is 17.7 Å². The quantitative estimate of drug-likeness (QED) is 0.0467. The maximum Gasteiger partial charge on any atom is 0.253 e. The molecular formula is C57H73N7O10S. The fourth-order valence-electron chi connectivity index (χ4n) is 9.72. The molecule has 2 aliphatic heterocycles. The Morgan fingerprint density at radius 1 is 0.893 bits per heavy atom. The molecule has 5 aromatic rings. The SMILES string of the molecule is CCN(c1cc(-c2ccc(OCCOCCOCC(=O)NC(C(=O)N3CC(O)CC3C(=O)NCc3ccc(-c4scnc4C)cc3)C(C)(C)C)cc2)cc(C(=O)NCc2c(C)cc(C)[nH]c2=O)c1C)C1CCOCC1. The van der Waals surface area contributed by atoms with E-state index in [1.807, 2.05) is 115 Å². The number of nitrogens with one attached hydrogen (secondary N) is 4. The molecular weight excluding hydrogens is 975 g/mol. The Morgan fingerprint density at radius 3 is 2.25 bits per heavy atom. The Bertz CT molecular complexity index is 2820. The fraction of sp³-hybridized carbons (Fsp3) is 0.474. The molecule has 3 unspecified atom stereocenters. The van der Waals surface area contributed by atoms with E-state index in [0.717, 1.165) is 74.7 Å². The number of nitrogens with zero attached hydrogens (tertiary/aromatic N) is 3. The predicted octanol–water partition coefficient (Wildman–Crippen LogP) is 6.56. The minimum absolute atomic E-state index is 0.0289. The second-order valence-corrected chi connectivity index (χ2v) is 21.3. The van der Waals surface area contributed by atoms with Crippen LogP contribution < -0.4 is 31.1 Å². The van der Waals surface area contributed by atoms with E-state index in [1.165, 1.54) is 4.90 Å². The molecule has 18 heteroatoms. The van der Waals surface area contributed by atoms with Gasteiger partial charge in [0.1, 0.15) is 31.0 Å². The third-order valence-electron chi connectivity index (χ3n) is 13.8. The van der Waals surface area contributed by atoms with Gasteiger partial charge in [-0.3, -0.25) is 24.0 Å². The van der Waals surface area contributed by atoms with Gasteiger partial charge >= 0.3 is 0 Å². The van der Waals surface area contributed by atoms with E-state index in [0.29, 0.717) is 30.1 Å². The zero-order chi connectivity index (χ0) is 53.8. The van der Waals surface area contributed by atoms with Gasteiger partial charge in [-0.1, -0.05) is 57.2 Å². The summed E-state index contributed by atoms with van der Waals surface area (Å²) in [6, 6.07) is 19.9. The maximum absolute atomic E-state index is 14.0. The van der Waals surface area contributed by atoms with Gasteiger partial charge in [-0.2, -0.15) is 0 Å². The van der Waals surface area contributed by atoms with Crippen LogP contribution in [0.15, 0.2) is 77.0 Å². The van der Waals surface area contributed by atoms with Crippen molar-refractivity contribution in [2.24, 2.45) is 5.41 Å². The number of hydrogen-bond donors (Lipinski definition) is 5. The molecule has 4 amide bonds. The normalized spacial score (nSPS) is 16.4. The molecule has 0 spiro atoms. The van der Waals surface area contributed by atoms with E-state index in [-0.39, 0.29) is 82.5 Å². The molecule has 0 aliphatic carbocycles. The Hall–Kier alpha value is -6.44. The summed E-state index contributed by atoms with van der Waals surface area (Å²) in [4.78, 5) is 79.4. The number of H-pyrrole nitrogens is 1. The summed E-state index contributed by atoms with van der Waals surface area (Å²) >= 11 is 1.57. The first-order valence-electron chi connectivity index (χ1n) is 25.8. The Kier molecular flexibility index (Phi) is 19.4. The number of β-amino-alcohol motifs (C(OH)–C–C–N with tert-alkyl or cyclic N) is 1. The zero-order valence-electron chi connectivity index (χ0n) is 44.5. The number of amides is 4. The van der Waals surface area contributed by atoms with Gasteiger partial charge in [0.05, 0.1) is 42.0 Å². The van der Waals surface area contributed by atoms with E-state index < -0.39 is 35.4 Å². The van der Waals surface area contributed by atoms with Crippen LogP contribution in [0.2, 0.25) is 0 Å². The van der Waals surface area contributed by atoms with E-state index in [1.54, 1.807) is 11.3 Å². The van der Waals surface area contributed by atoms with Crippen molar-refractivity contribution in [3.05, 3.63) is 122 Å². The second-order valence-electron chi connectivity index (χ2n) is 20.4. The van der Waals surface area contributed by atoms with Crippen LogP contribution in [0.1, 0.15) is 91.0 Å². The number of thiazole rings is 1. The summed E-state index contributed by atoms with van der Waals surface area (Å²) in [5.41, 5.74) is 10.0. The van der Waals surface area contributed by atoms with Crippen molar-refractivity contribution >= 4 is 40.7 Å². The number of carbonyl (C=O) groups is 4. The van der Waals surface area contributed by atoms with Gasteiger partial charge in [0.25, 0.3) is 11.5 Å². The molecule has 2 aromatic heterocycles. The number of hydrogen-bond acceptors (Lipinski definition) is 13. The van der Waals surface area contributed by atoms with Gasteiger partial charge in [-0.25, -0.2) is 4.98 Å². The van der Waals surface area contributed by atoms with Crippen LogP contribution in [-0.4, -0.2) is 127 Å². The Morgan fingerprint density at radius 2 is 1.59 bits per heavy atom. The number of rotatable bonds is 22. The summed E-state index contributed by atoms with van der Waals surface area (Å²) < 4.78 is 23.0. The number of pyridine rings is 1. The van der Waals surface area contributed by atoms with Crippen LogP contribution in [0.5, 0.6) is 5.75 Å². The van der Waals surface area contributed by atoms with E-state index in [9.17, 15) is 29.1 Å². The van der Waals surface area contributed by atoms with Crippen molar-refractivity contribution < 1.29 is 43.2 Å². The molecule has 0 radical (unpaired) electrons. The average Bonchev–Trinajstić information content (AvgIpc) is 4.01. The molecule has 3 aromatic carbocycles. The number of likely N-dealkylation sites (tertiary alicyclic amines) is 1. The summed E-state index contributed by atoms with van der Waals surface area (Å²) in [7, 11) is 0. The smallest absolute Gasteiger partial charge is 0.253 e. The molecule has 75 heavy (non-hydrogen) atoms. The first kappa shape index (κ1) is 56.3. The maximum atomic E-state index is 14.0. The van der Waals surface area contributed by atoms with E-state index >= 15 is 0 Å². The molecule has 4 heterocycles. The monoisotopic (exact) mass is 1050 g/mol. The molecule has 0 saturated carbocycles. The molecule has 0 bridgehead atoms. The fourth-order valence-corrected chi connectivity index (χ4v) is 10.5. The molecule has 402 valence electrons. The third-order valence-corrected chi connectivity index (χ3v) is 14.8. The number of aromatic amines is 1. The first-order valence-corrected chi connectivity index (χ1v) is 26.7. The molecule has 5 N–H and O–H groups in total. The van der Waals surface area contributed by atoms with Gasteiger partial charge < -0.3 is 54.8 Å². The number of aliphatic hydroxyl groups is 1. The Balaban J connectivity index is 0.868. The number of aryl methyl sites for hydroxylation is 3. The third kappa shape index (κ3) is 14.7. The summed E-state index contributed by atoms with van der Waals surface area (Å²) in [5.74, 6) is -0.958. The van der Waals surface area contributed by atoms with Crippen molar-refractivity contribution in [2.75, 3.05) is 64.2 Å². The van der Waals surface area contributed by atoms with Gasteiger partial charge in [-0.15, -0.1) is 11.3 Å². The number of carbonyl (C=O) groups excluding carboxylic acids is 4. The van der Waals surface area contributed by atoms with Gasteiger partial charge in [0, 0.05) is 74.4 Å². The lowest BCUT2D eigenvalue weighted by Gasteiger charge is -2.37. The lowest BCUT2D eigenvalue weighted by molar-refractivity contribution is -0.144. The van der Waals surface area contributed by atoms with Crippen molar-refractivity contribution in [1.82, 2.24) is 30.8 Å². The predicted molar refractivity (Wildman–Crippen MR) is 290 cm³/mol. The van der Waals surface area contributed by atoms with Crippen LogP contribution in [-0.2, 0) is 41.7 Å². The lowest BCUT2D eigenvalue weighted by Crippen LogP contribution is -2.58. The van der Waals surface area contributed by atoms with Crippen molar-refractivity contribution in [1.29, 1.82) is 0 Å². The number of aromatic nitrogens is 2. The highest BCUT2D eigenvalue weighted by atomic mass is 32.1. The van der Waals surface area contributed by atoms with Crippen LogP contribution in [0.25, 0.3) is 21.6 Å². The minimum atomic E-state index is -0.987. The summed E-state index contributed by atoms with van der Waals surface area (Å²) in [6.07, 6.45) is 0.980. The topological polar surface area (TPSA) is 214 Å². The highest BCUT2D eigenvalue weighted by Crippen LogP contribution is 2.35. The molecule has 2 saturated heterocycles. The van der Waals surface area contributed by atoms with Crippen molar-refractivity contribution in [3.63, 3.8) is 0 Å². The Labute approximate surface area is 443 Å². The molecule has 2 aliphatic rings. The highest BCUT2D eigenvalue weighted by molar-refractivity contribution is 7.13. The van der Waals surface area contributed by atoms with Crippen molar-refractivity contribution in [3.8, 4) is 27.3 Å². The minimum Gasteiger partial charge on any atom is -0.491 e. The first-order chi connectivity index (χ1) is 35.9. The summed E-state index contributed by atoms with van der Waals surface area (Å²) in [6.45, 7) is 18.2. The summed E-state index contributed by atoms with van der Waals surface area (Å²) in [5, 5.41) is 19.4. The zero-order valence-corrected chi connectivity index (χ0v) is 45.3. The second kappa shape index (κ2) is 25.9. The molecule has 17 nitrogen and oxygen atoms in total. The number of aliphatic hydroxyl groups excluding tert-OH is 1. The van der Waals surface area contributed by atoms with Crippen molar-refractivity contribution in [2.45, 2.75) is 112 Å². The van der Waals surface area contributed by atoms with Gasteiger partial charge in [-0.05, 0) is 117 Å². The van der Waals surface area contributed by atoms with E-state index in [2.05, 4.69) is 43.8 Å². The number of ether oxygens (including phenoxy) is 4. The van der Waals surface area contributed by atoms with Crippen LogP contribution in [0, 0.1) is 33.1 Å². The molecule has 2 fully saturated rings. The van der Waals surface area contributed by atoms with E-state index in [4.69, 9.17) is 18.9 Å². The number of benzene rings is 3. The lowest BCUT2D eigenvalue weighted by atomic mass is 9.85. The molecule has 7 rings (SSSR count). The highest BCUT2D eigenvalue weighted by Gasteiger charge is 2.44. The molecule has 3 atom stereocenters. The van der Waals surface area contributed by atoms with Crippen LogP contribution >= 0.6 is 11.3 Å². The van der Waals surface area contributed by atoms with Crippen LogP contribution in [0.4, 0.5) is 5.69 Å². The standard InChI is InChI=1S/C57H73N7O10S/c1-9-63(43-18-20-71-21-19-43)48-28-42(27-46(37(48)4)53(67)59-31-47-35(2)26-36(3)61-54(47)68)40-14-16-45(17-15-40)74-25-24-72-22-23-73-33-50(66)62-52(57(6,7)8)56(70)64-32-44(65)29-49(64)55(69)58-30-39-10-12-41(13-11-39)51-38(5)60-34-75-51/h10-17,26-28,34,43-44,49,52,65H,9,18-25,29-33H2,1-8H3,(H,58,69)(H,59,67)(H,61,68)(H,62,66).